The molecule has 2 rings (SSSR count). The molecule has 6 heteroatoms. The molecular weight excluding hydrogens is 299 g/mol. The Balaban J connectivity index is 2.04. The second-order valence-electron chi connectivity index (χ2n) is 4.10. The average Bonchev–Trinajstić information content (AvgIpc) is 2.37. The van der Waals surface area contributed by atoms with E-state index in [-0.39, 0.29) is 6.61 Å². The fraction of sp³-hybridized carbons (Fsp3) is 0.0714. The summed E-state index contributed by atoms with van der Waals surface area (Å²) in [7, 11) is 0. The predicted molar refractivity (Wildman–Crippen MR) is 81.5 cm³/mol. The first-order chi connectivity index (χ1) is 9.56. The molecule has 0 atom stereocenters. The number of benzene rings is 2. The van der Waals surface area contributed by atoms with E-state index < -0.39 is 6.03 Å². The number of carbonyl (C=O) groups is 1. The maximum absolute atomic E-state index is 11.8. The number of nitrogens with one attached hydrogen (secondary N) is 2. The molecule has 20 heavy (non-hydrogen) atoms. The van der Waals surface area contributed by atoms with Crippen LogP contribution in [0.4, 0.5) is 16.2 Å². The molecule has 0 heterocycles. The Kier molecular flexibility index (Phi) is 4.84. The second-order valence-corrected chi connectivity index (χ2v) is 4.97. The molecule has 0 aliphatic carbocycles. The highest BCUT2D eigenvalue weighted by Gasteiger charge is 2.05. The van der Waals surface area contributed by atoms with Crippen LogP contribution in [0.2, 0.25) is 10.0 Å². The van der Waals surface area contributed by atoms with Crippen molar-refractivity contribution in [1.82, 2.24) is 0 Å². The number of halogens is 2. The van der Waals surface area contributed by atoms with Crippen molar-refractivity contribution in [3.63, 3.8) is 0 Å². The smallest absolute Gasteiger partial charge is 0.323 e. The third-order valence-electron chi connectivity index (χ3n) is 2.49. The zero-order valence-electron chi connectivity index (χ0n) is 10.4. The molecule has 0 saturated heterocycles. The van der Waals surface area contributed by atoms with Crippen molar-refractivity contribution in [1.29, 1.82) is 0 Å². The van der Waals surface area contributed by atoms with Crippen molar-refractivity contribution < 1.29 is 9.90 Å². The van der Waals surface area contributed by atoms with Gasteiger partial charge < -0.3 is 15.7 Å². The van der Waals surface area contributed by atoms with Gasteiger partial charge in [0.05, 0.1) is 6.61 Å². The van der Waals surface area contributed by atoms with Crippen LogP contribution in [0, 0.1) is 0 Å². The molecule has 2 amide bonds. The van der Waals surface area contributed by atoms with Gasteiger partial charge in [-0.05, 0) is 35.9 Å². The van der Waals surface area contributed by atoms with Crippen molar-refractivity contribution in [3.8, 4) is 0 Å². The number of aliphatic hydroxyl groups excluding tert-OH is 1. The van der Waals surface area contributed by atoms with Crippen molar-refractivity contribution >= 4 is 40.6 Å². The first-order valence-corrected chi connectivity index (χ1v) is 6.56. The van der Waals surface area contributed by atoms with Crippen LogP contribution in [-0.2, 0) is 6.61 Å². The third kappa shape index (κ3) is 4.13. The number of urea groups is 1. The summed E-state index contributed by atoms with van der Waals surface area (Å²) < 4.78 is 0. The van der Waals surface area contributed by atoms with Gasteiger partial charge in [-0.25, -0.2) is 4.79 Å². The maximum Gasteiger partial charge on any atom is 0.323 e. The summed E-state index contributed by atoms with van der Waals surface area (Å²) in [6, 6.07) is 11.3. The van der Waals surface area contributed by atoms with E-state index in [1.54, 1.807) is 42.5 Å². The Morgan fingerprint density at radius 3 is 2.30 bits per heavy atom. The highest BCUT2D eigenvalue weighted by Crippen LogP contribution is 2.22. The van der Waals surface area contributed by atoms with Gasteiger partial charge in [-0.15, -0.1) is 0 Å². The standard InChI is InChI=1S/C14H12Cl2N2O2/c15-10-5-11(16)7-13(6-10)18-14(20)17-12-3-1-2-9(4-12)8-19/h1-7,19H,8H2,(H2,17,18,20). The van der Waals surface area contributed by atoms with E-state index in [4.69, 9.17) is 28.3 Å². The molecule has 0 spiro atoms. The van der Waals surface area contributed by atoms with Crippen LogP contribution < -0.4 is 10.6 Å². The lowest BCUT2D eigenvalue weighted by Gasteiger charge is -2.09. The van der Waals surface area contributed by atoms with Gasteiger partial charge in [0.15, 0.2) is 0 Å². The summed E-state index contributed by atoms with van der Waals surface area (Å²) in [4.78, 5) is 11.8. The van der Waals surface area contributed by atoms with Crippen LogP contribution in [0.15, 0.2) is 42.5 Å². The molecule has 0 bridgehead atoms. The number of hydrogen-bond donors (Lipinski definition) is 3. The largest absolute Gasteiger partial charge is 0.392 e. The molecule has 0 unspecified atom stereocenters. The quantitative estimate of drug-likeness (QED) is 0.798. The molecule has 0 aliphatic heterocycles. The van der Waals surface area contributed by atoms with E-state index in [2.05, 4.69) is 10.6 Å². The van der Waals surface area contributed by atoms with Crippen LogP contribution in [0.5, 0.6) is 0 Å². The van der Waals surface area contributed by atoms with Gasteiger partial charge in [0.2, 0.25) is 0 Å². The van der Waals surface area contributed by atoms with Crippen LogP contribution in [0.25, 0.3) is 0 Å². The van der Waals surface area contributed by atoms with Gasteiger partial charge >= 0.3 is 6.03 Å². The monoisotopic (exact) mass is 310 g/mol. The fourth-order valence-electron chi connectivity index (χ4n) is 1.67. The Morgan fingerprint density at radius 2 is 1.65 bits per heavy atom. The van der Waals surface area contributed by atoms with E-state index in [1.807, 2.05) is 0 Å². The van der Waals surface area contributed by atoms with E-state index in [1.165, 1.54) is 0 Å². The highest BCUT2D eigenvalue weighted by molar-refractivity contribution is 6.35. The summed E-state index contributed by atoms with van der Waals surface area (Å²) in [5.41, 5.74) is 1.80. The molecule has 4 nitrogen and oxygen atoms in total. The van der Waals surface area contributed by atoms with Crippen molar-refractivity contribution in [3.05, 3.63) is 58.1 Å². The fourth-order valence-corrected chi connectivity index (χ4v) is 2.19. The third-order valence-corrected chi connectivity index (χ3v) is 2.92. The van der Waals surface area contributed by atoms with Crippen LogP contribution in [-0.4, -0.2) is 11.1 Å². The summed E-state index contributed by atoms with van der Waals surface area (Å²) in [5.74, 6) is 0. The Labute approximate surface area is 126 Å². The first-order valence-electron chi connectivity index (χ1n) is 5.81. The van der Waals surface area contributed by atoms with Gasteiger partial charge in [-0.3, -0.25) is 0 Å². The van der Waals surface area contributed by atoms with Crippen molar-refractivity contribution in [2.24, 2.45) is 0 Å². The molecule has 2 aromatic rings. The molecule has 0 aliphatic rings. The van der Waals surface area contributed by atoms with Crippen molar-refractivity contribution in [2.45, 2.75) is 6.61 Å². The lowest BCUT2D eigenvalue weighted by Crippen LogP contribution is -2.19. The molecule has 0 aromatic heterocycles. The first kappa shape index (κ1) is 14.7. The average molecular weight is 311 g/mol. The lowest BCUT2D eigenvalue weighted by atomic mass is 10.2. The number of carbonyl (C=O) groups excluding carboxylic acids is 1. The number of amides is 2. The van der Waals surface area contributed by atoms with Gasteiger partial charge in [-0.2, -0.15) is 0 Å². The summed E-state index contributed by atoms with van der Waals surface area (Å²) in [5, 5.41) is 15.2. The number of hydrogen-bond acceptors (Lipinski definition) is 2. The van der Waals surface area contributed by atoms with Gasteiger partial charge in [-0.1, -0.05) is 35.3 Å². The Bertz CT molecular complexity index is 612. The van der Waals surface area contributed by atoms with Crippen LogP contribution in [0.3, 0.4) is 0 Å². The summed E-state index contributed by atoms with van der Waals surface area (Å²) in [6.45, 7) is -0.0823. The number of anilines is 2. The normalized spacial score (nSPS) is 10.2. The minimum atomic E-state index is -0.418. The molecule has 0 radical (unpaired) electrons. The van der Waals surface area contributed by atoms with Crippen molar-refractivity contribution in [2.75, 3.05) is 10.6 Å². The zero-order valence-corrected chi connectivity index (χ0v) is 11.9. The molecule has 0 saturated carbocycles. The molecule has 3 N–H and O–H groups in total. The summed E-state index contributed by atoms with van der Waals surface area (Å²) in [6.07, 6.45) is 0. The molecule has 104 valence electrons. The minimum Gasteiger partial charge on any atom is -0.392 e. The Morgan fingerprint density at radius 1 is 1.00 bits per heavy atom. The zero-order chi connectivity index (χ0) is 14.5. The molecule has 2 aromatic carbocycles. The number of rotatable bonds is 3. The molecule has 0 fully saturated rings. The highest BCUT2D eigenvalue weighted by atomic mass is 35.5. The van der Waals surface area contributed by atoms with E-state index >= 15 is 0 Å². The second kappa shape index (κ2) is 6.61. The van der Waals surface area contributed by atoms with Crippen LogP contribution in [0.1, 0.15) is 5.56 Å². The van der Waals surface area contributed by atoms with E-state index in [0.717, 1.165) is 0 Å². The number of aliphatic hydroxyl groups is 1. The van der Waals surface area contributed by atoms with Gasteiger partial charge in [0.25, 0.3) is 0 Å². The lowest BCUT2D eigenvalue weighted by molar-refractivity contribution is 0.262. The summed E-state index contributed by atoms with van der Waals surface area (Å²) >= 11 is 11.7. The predicted octanol–water partition coefficient (Wildman–Crippen LogP) is 4.13. The maximum atomic E-state index is 11.8. The molecular formula is C14H12Cl2N2O2. The van der Waals surface area contributed by atoms with E-state index in [0.29, 0.717) is 27.0 Å². The topological polar surface area (TPSA) is 61.4 Å². The van der Waals surface area contributed by atoms with Gasteiger partial charge in [0.1, 0.15) is 0 Å². The SMILES string of the molecule is O=C(Nc1cc(Cl)cc(Cl)c1)Nc1cccc(CO)c1. The van der Waals surface area contributed by atoms with Crippen LogP contribution >= 0.6 is 23.2 Å². The van der Waals surface area contributed by atoms with Gasteiger partial charge in [0, 0.05) is 21.4 Å². The Hall–Kier alpha value is -1.75. The van der Waals surface area contributed by atoms with E-state index in [9.17, 15) is 4.79 Å². The minimum absolute atomic E-state index is 0.0823.